The Bertz CT molecular complexity index is 393. The number of hydrogen-bond acceptors (Lipinski definition) is 4. The summed E-state index contributed by atoms with van der Waals surface area (Å²) in [5.41, 5.74) is 1.44. The number of ether oxygens (including phenoxy) is 1. The molecule has 0 aromatic heterocycles. The van der Waals surface area contributed by atoms with Gasteiger partial charge in [0.05, 0.1) is 4.92 Å². The zero-order valence-corrected chi connectivity index (χ0v) is 10.7. The summed E-state index contributed by atoms with van der Waals surface area (Å²) >= 11 is 0. The monoisotopic (exact) mass is 238 g/mol. The van der Waals surface area contributed by atoms with Crippen molar-refractivity contribution in [3.8, 4) is 5.75 Å². The molecular weight excluding hydrogens is 220 g/mol. The van der Waals surface area contributed by atoms with E-state index in [1.54, 1.807) is 26.0 Å². The number of nitrogens with zero attached hydrogens (tertiary/aromatic N) is 2. The Balaban J connectivity index is 2.80. The standard InChI is InChI=1S/C12H18N2O3/c1-9-7-11(17-6-5-13(3)4)8-10(2)12(9)14(15)16/h7-8H,5-6H2,1-4H3. The highest BCUT2D eigenvalue weighted by molar-refractivity contribution is 5.50. The Morgan fingerprint density at radius 2 is 1.82 bits per heavy atom. The summed E-state index contributed by atoms with van der Waals surface area (Å²) in [6.07, 6.45) is 0. The Morgan fingerprint density at radius 1 is 1.29 bits per heavy atom. The van der Waals surface area contributed by atoms with Crippen LogP contribution in [-0.4, -0.2) is 37.1 Å². The number of aryl methyl sites for hydroxylation is 2. The Labute approximate surface area is 101 Å². The van der Waals surface area contributed by atoms with Gasteiger partial charge in [0.25, 0.3) is 5.69 Å². The van der Waals surface area contributed by atoms with Crippen LogP contribution in [0.15, 0.2) is 12.1 Å². The fourth-order valence-electron chi connectivity index (χ4n) is 1.63. The quantitative estimate of drug-likeness (QED) is 0.582. The highest BCUT2D eigenvalue weighted by Gasteiger charge is 2.15. The largest absolute Gasteiger partial charge is 0.492 e. The van der Waals surface area contributed by atoms with Gasteiger partial charge >= 0.3 is 0 Å². The van der Waals surface area contributed by atoms with E-state index in [4.69, 9.17) is 4.74 Å². The molecule has 0 atom stereocenters. The minimum Gasteiger partial charge on any atom is -0.492 e. The van der Waals surface area contributed by atoms with Gasteiger partial charge in [0.1, 0.15) is 12.4 Å². The average Bonchev–Trinajstić information content (AvgIpc) is 2.14. The molecule has 0 unspecified atom stereocenters. The zero-order chi connectivity index (χ0) is 13.0. The molecule has 1 rings (SSSR count). The summed E-state index contributed by atoms with van der Waals surface area (Å²) in [6, 6.07) is 3.42. The highest BCUT2D eigenvalue weighted by atomic mass is 16.6. The van der Waals surface area contributed by atoms with Crippen molar-refractivity contribution in [1.82, 2.24) is 4.90 Å². The first kappa shape index (κ1) is 13.4. The molecule has 94 valence electrons. The topological polar surface area (TPSA) is 55.6 Å². The molecule has 0 spiro atoms. The molecule has 1 aromatic carbocycles. The van der Waals surface area contributed by atoms with Gasteiger partial charge in [-0.15, -0.1) is 0 Å². The first-order valence-electron chi connectivity index (χ1n) is 5.45. The van der Waals surface area contributed by atoms with E-state index in [0.717, 1.165) is 6.54 Å². The fourth-order valence-corrected chi connectivity index (χ4v) is 1.63. The van der Waals surface area contributed by atoms with Crippen molar-refractivity contribution >= 4 is 5.69 Å². The first-order chi connectivity index (χ1) is 7.91. The molecule has 5 nitrogen and oxygen atoms in total. The van der Waals surface area contributed by atoms with Crippen LogP contribution >= 0.6 is 0 Å². The molecule has 5 heteroatoms. The van der Waals surface area contributed by atoms with E-state index >= 15 is 0 Å². The Morgan fingerprint density at radius 3 is 2.24 bits per heavy atom. The minimum atomic E-state index is -0.353. The van der Waals surface area contributed by atoms with Gasteiger partial charge in [0.15, 0.2) is 0 Å². The molecule has 0 radical (unpaired) electrons. The number of nitro benzene ring substituents is 1. The third-order valence-corrected chi connectivity index (χ3v) is 2.45. The van der Waals surface area contributed by atoms with E-state index in [2.05, 4.69) is 0 Å². The molecule has 0 bridgehead atoms. The molecular formula is C12H18N2O3. The lowest BCUT2D eigenvalue weighted by Crippen LogP contribution is -2.19. The second-order valence-electron chi connectivity index (χ2n) is 4.31. The van der Waals surface area contributed by atoms with Crippen LogP contribution in [0.5, 0.6) is 5.75 Å². The van der Waals surface area contributed by atoms with Crippen molar-refractivity contribution in [2.75, 3.05) is 27.2 Å². The van der Waals surface area contributed by atoms with Crippen LogP contribution in [-0.2, 0) is 0 Å². The maximum Gasteiger partial charge on any atom is 0.275 e. The van der Waals surface area contributed by atoms with Crippen molar-refractivity contribution in [1.29, 1.82) is 0 Å². The van der Waals surface area contributed by atoms with Gasteiger partial charge in [-0.05, 0) is 40.1 Å². The number of hydrogen-bond donors (Lipinski definition) is 0. The van der Waals surface area contributed by atoms with Crippen LogP contribution in [0.1, 0.15) is 11.1 Å². The molecule has 0 aliphatic carbocycles. The third-order valence-electron chi connectivity index (χ3n) is 2.45. The number of nitro groups is 1. The summed E-state index contributed by atoms with van der Waals surface area (Å²) in [5, 5.41) is 10.8. The van der Waals surface area contributed by atoms with Crippen LogP contribution in [0.3, 0.4) is 0 Å². The van der Waals surface area contributed by atoms with Crippen LogP contribution < -0.4 is 4.74 Å². The van der Waals surface area contributed by atoms with Gasteiger partial charge in [-0.1, -0.05) is 0 Å². The van der Waals surface area contributed by atoms with Crippen molar-refractivity contribution in [3.05, 3.63) is 33.4 Å². The summed E-state index contributed by atoms with van der Waals surface area (Å²) < 4.78 is 5.55. The van der Waals surface area contributed by atoms with Crippen molar-refractivity contribution in [2.45, 2.75) is 13.8 Å². The molecule has 0 saturated heterocycles. The zero-order valence-electron chi connectivity index (χ0n) is 10.7. The van der Waals surface area contributed by atoms with Gasteiger partial charge in [-0.3, -0.25) is 10.1 Å². The number of benzene rings is 1. The number of rotatable bonds is 5. The van der Waals surface area contributed by atoms with Crippen LogP contribution in [0.2, 0.25) is 0 Å². The predicted molar refractivity (Wildman–Crippen MR) is 66.6 cm³/mol. The lowest BCUT2D eigenvalue weighted by atomic mass is 10.1. The lowest BCUT2D eigenvalue weighted by molar-refractivity contribution is -0.386. The summed E-state index contributed by atoms with van der Waals surface area (Å²) in [4.78, 5) is 12.5. The van der Waals surface area contributed by atoms with Gasteiger partial charge < -0.3 is 9.64 Å². The summed E-state index contributed by atoms with van der Waals surface area (Å²) in [6.45, 7) is 4.84. The van der Waals surface area contributed by atoms with E-state index in [9.17, 15) is 10.1 Å². The van der Waals surface area contributed by atoms with E-state index in [-0.39, 0.29) is 10.6 Å². The molecule has 0 amide bonds. The molecule has 0 saturated carbocycles. The van der Waals surface area contributed by atoms with Crippen LogP contribution in [0, 0.1) is 24.0 Å². The Kier molecular flexibility index (Phi) is 4.45. The second kappa shape index (κ2) is 5.63. The highest BCUT2D eigenvalue weighted by Crippen LogP contribution is 2.27. The van der Waals surface area contributed by atoms with Gasteiger partial charge in [0.2, 0.25) is 0 Å². The molecule has 0 heterocycles. The molecule has 0 N–H and O–H groups in total. The molecule has 0 aliphatic rings. The number of likely N-dealkylation sites (N-methyl/N-ethyl adjacent to an activating group) is 1. The normalized spacial score (nSPS) is 10.6. The Hall–Kier alpha value is -1.62. The van der Waals surface area contributed by atoms with E-state index in [1.165, 1.54) is 0 Å². The third kappa shape index (κ3) is 3.71. The molecule has 0 fully saturated rings. The maximum absolute atomic E-state index is 10.8. The second-order valence-corrected chi connectivity index (χ2v) is 4.31. The minimum absolute atomic E-state index is 0.171. The molecule has 1 aromatic rings. The van der Waals surface area contributed by atoms with E-state index in [0.29, 0.717) is 23.5 Å². The van der Waals surface area contributed by atoms with Crippen molar-refractivity contribution < 1.29 is 9.66 Å². The molecule has 0 aliphatic heterocycles. The average molecular weight is 238 g/mol. The van der Waals surface area contributed by atoms with Gasteiger partial charge in [-0.2, -0.15) is 0 Å². The van der Waals surface area contributed by atoms with Gasteiger partial charge in [-0.25, -0.2) is 0 Å². The first-order valence-corrected chi connectivity index (χ1v) is 5.45. The SMILES string of the molecule is Cc1cc(OCCN(C)C)cc(C)c1[N+](=O)[O-]. The predicted octanol–water partition coefficient (Wildman–Crippen LogP) is 2.15. The van der Waals surface area contributed by atoms with Crippen molar-refractivity contribution in [2.24, 2.45) is 0 Å². The van der Waals surface area contributed by atoms with Crippen LogP contribution in [0.25, 0.3) is 0 Å². The van der Waals surface area contributed by atoms with Crippen molar-refractivity contribution in [3.63, 3.8) is 0 Å². The van der Waals surface area contributed by atoms with E-state index < -0.39 is 0 Å². The smallest absolute Gasteiger partial charge is 0.275 e. The van der Waals surface area contributed by atoms with Crippen LogP contribution in [0.4, 0.5) is 5.69 Å². The van der Waals surface area contributed by atoms with E-state index in [1.807, 2.05) is 19.0 Å². The summed E-state index contributed by atoms with van der Waals surface area (Å²) in [7, 11) is 3.94. The van der Waals surface area contributed by atoms with Gasteiger partial charge in [0, 0.05) is 17.7 Å². The summed E-state index contributed by atoms with van der Waals surface area (Å²) in [5.74, 6) is 0.687. The maximum atomic E-state index is 10.8. The molecule has 17 heavy (non-hydrogen) atoms. The fraction of sp³-hybridized carbons (Fsp3) is 0.500. The lowest BCUT2D eigenvalue weighted by Gasteiger charge is -2.12.